The predicted molar refractivity (Wildman–Crippen MR) is 108 cm³/mol. The van der Waals surface area contributed by atoms with Crippen LogP contribution in [0.4, 0.5) is 18.9 Å². The number of aromatic nitrogens is 1. The van der Waals surface area contributed by atoms with Gasteiger partial charge in [-0.25, -0.2) is 0 Å². The lowest BCUT2D eigenvalue weighted by Gasteiger charge is -2.33. The number of aromatic amines is 1. The van der Waals surface area contributed by atoms with Crippen molar-refractivity contribution < 1.29 is 23.0 Å². The van der Waals surface area contributed by atoms with E-state index in [4.69, 9.17) is 4.74 Å². The van der Waals surface area contributed by atoms with Crippen molar-refractivity contribution in [3.63, 3.8) is 0 Å². The van der Waals surface area contributed by atoms with Crippen LogP contribution < -0.4 is 10.3 Å². The quantitative estimate of drug-likeness (QED) is 0.616. The van der Waals surface area contributed by atoms with Gasteiger partial charge in [0.15, 0.2) is 5.60 Å². The van der Waals surface area contributed by atoms with Gasteiger partial charge in [-0.1, -0.05) is 24.3 Å². The predicted octanol–water partition coefficient (Wildman–Crippen LogP) is 4.48. The summed E-state index contributed by atoms with van der Waals surface area (Å²) >= 11 is 0. The maximum atomic E-state index is 13.9. The minimum absolute atomic E-state index is 0.221. The third kappa shape index (κ3) is 3.82. The van der Waals surface area contributed by atoms with E-state index in [-0.39, 0.29) is 17.9 Å². The fraction of sp³-hybridized carbons (Fsp3) is 0.273. The van der Waals surface area contributed by atoms with E-state index in [1.54, 1.807) is 36.4 Å². The Kier molecular flexibility index (Phi) is 5.11. The number of rotatable bonds is 4. The molecule has 30 heavy (non-hydrogen) atoms. The highest BCUT2D eigenvalue weighted by Crippen LogP contribution is 2.43. The fourth-order valence-corrected chi connectivity index (χ4v) is 3.70. The minimum Gasteiger partial charge on any atom is -0.493 e. The number of aliphatic hydroxyl groups is 1. The van der Waals surface area contributed by atoms with Gasteiger partial charge in [0.1, 0.15) is 5.75 Å². The number of hydrogen-bond acceptors (Lipinski definition) is 4. The number of halogens is 3. The Balaban J connectivity index is 1.70. The van der Waals surface area contributed by atoms with Crippen molar-refractivity contribution in [2.24, 2.45) is 4.99 Å². The summed E-state index contributed by atoms with van der Waals surface area (Å²) in [4.78, 5) is 18.1. The van der Waals surface area contributed by atoms with E-state index in [9.17, 15) is 23.1 Å². The maximum Gasteiger partial charge on any atom is 0.422 e. The normalized spacial score (nSPS) is 18.7. The van der Waals surface area contributed by atoms with Crippen molar-refractivity contribution in [2.45, 2.75) is 30.5 Å². The molecule has 0 radical (unpaired) electrons. The topological polar surface area (TPSA) is 74.7 Å². The Morgan fingerprint density at radius 1 is 1.13 bits per heavy atom. The summed E-state index contributed by atoms with van der Waals surface area (Å²) in [6, 6.07) is 14.4. The van der Waals surface area contributed by atoms with Gasteiger partial charge in [0.25, 0.3) is 0 Å². The van der Waals surface area contributed by atoms with Crippen LogP contribution in [0, 0.1) is 0 Å². The molecule has 0 fully saturated rings. The first kappa shape index (κ1) is 20.2. The third-order valence-corrected chi connectivity index (χ3v) is 5.29. The van der Waals surface area contributed by atoms with Crippen LogP contribution in [0.1, 0.15) is 24.3 Å². The number of para-hydroxylation sites is 1. The smallest absolute Gasteiger partial charge is 0.422 e. The van der Waals surface area contributed by atoms with Gasteiger partial charge in [0.2, 0.25) is 5.56 Å². The number of ether oxygens (including phenoxy) is 1. The van der Waals surface area contributed by atoms with E-state index >= 15 is 0 Å². The molecule has 2 heterocycles. The Bertz CT molecular complexity index is 1160. The summed E-state index contributed by atoms with van der Waals surface area (Å²) in [6.07, 6.45) is -4.56. The summed E-state index contributed by atoms with van der Waals surface area (Å²) in [5.41, 5.74) is -2.13. The Hall–Kier alpha value is -3.13. The Morgan fingerprint density at radius 3 is 2.73 bits per heavy atom. The summed E-state index contributed by atoms with van der Waals surface area (Å²) in [7, 11) is 0. The van der Waals surface area contributed by atoms with Gasteiger partial charge in [-0.15, -0.1) is 0 Å². The van der Waals surface area contributed by atoms with E-state index in [0.717, 1.165) is 0 Å². The number of nitrogens with one attached hydrogen (secondary N) is 1. The Morgan fingerprint density at radius 2 is 1.93 bits per heavy atom. The molecule has 5 nitrogen and oxygen atoms in total. The van der Waals surface area contributed by atoms with E-state index in [2.05, 4.69) is 9.98 Å². The number of benzene rings is 2. The summed E-state index contributed by atoms with van der Waals surface area (Å²) in [6.45, 7) is 0.281. The molecule has 2 N–H and O–H groups in total. The number of pyridine rings is 1. The van der Waals surface area contributed by atoms with Crippen molar-refractivity contribution in [1.29, 1.82) is 0 Å². The average molecular weight is 416 g/mol. The highest BCUT2D eigenvalue weighted by atomic mass is 19.4. The second kappa shape index (κ2) is 7.60. The van der Waals surface area contributed by atoms with Crippen LogP contribution in [-0.4, -0.2) is 34.7 Å². The van der Waals surface area contributed by atoms with Gasteiger partial charge >= 0.3 is 6.18 Å². The first-order chi connectivity index (χ1) is 14.3. The van der Waals surface area contributed by atoms with Crippen molar-refractivity contribution in [3.8, 4) is 5.75 Å². The van der Waals surface area contributed by atoms with Crippen LogP contribution in [0.25, 0.3) is 10.9 Å². The number of nitrogens with zero attached hydrogens (tertiary/aromatic N) is 1. The number of H-pyrrole nitrogens is 1. The molecular formula is C22H19F3N2O3. The molecule has 1 aliphatic heterocycles. The SMILES string of the molecule is O=c1ccc2c(/N=C\C(O)(CC3CCOc4ccccc43)C(F)(F)F)cccc2[nH]1. The summed E-state index contributed by atoms with van der Waals surface area (Å²) in [5, 5.41) is 11.1. The van der Waals surface area contributed by atoms with E-state index < -0.39 is 24.1 Å². The first-order valence-corrected chi connectivity index (χ1v) is 9.45. The molecule has 0 saturated heterocycles. The number of aliphatic imine (C=N–C) groups is 1. The molecule has 2 atom stereocenters. The average Bonchev–Trinajstić information content (AvgIpc) is 2.71. The molecule has 0 spiro atoms. The summed E-state index contributed by atoms with van der Waals surface area (Å²) in [5.74, 6) is 0.00474. The maximum absolute atomic E-state index is 13.9. The molecule has 2 aromatic carbocycles. The molecule has 0 bridgehead atoms. The second-order valence-corrected chi connectivity index (χ2v) is 7.32. The standard InChI is InChI=1S/C22H19F3N2O3/c23-22(24,25)21(29,12-14-10-11-30-19-7-2-1-4-15(14)19)13-26-17-5-3-6-18-16(17)8-9-20(28)27-18/h1-9,13-14,29H,10-12H2,(H,27,28)/b26-13-. The number of hydrogen-bond donors (Lipinski definition) is 2. The first-order valence-electron chi connectivity index (χ1n) is 9.45. The van der Waals surface area contributed by atoms with Crippen LogP contribution in [0.5, 0.6) is 5.75 Å². The molecule has 8 heteroatoms. The van der Waals surface area contributed by atoms with Gasteiger partial charge in [0.05, 0.1) is 17.8 Å². The lowest BCUT2D eigenvalue weighted by molar-refractivity contribution is -0.232. The van der Waals surface area contributed by atoms with Crippen LogP contribution in [0.2, 0.25) is 0 Å². The van der Waals surface area contributed by atoms with Crippen LogP contribution in [0.3, 0.4) is 0 Å². The van der Waals surface area contributed by atoms with Gasteiger partial charge in [-0.05, 0) is 48.6 Å². The largest absolute Gasteiger partial charge is 0.493 e. The second-order valence-electron chi connectivity index (χ2n) is 7.32. The van der Waals surface area contributed by atoms with E-state index in [0.29, 0.717) is 34.9 Å². The molecule has 1 aromatic heterocycles. The zero-order valence-electron chi connectivity index (χ0n) is 15.8. The van der Waals surface area contributed by atoms with Crippen LogP contribution in [0.15, 0.2) is 64.4 Å². The van der Waals surface area contributed by atoms with Gasteiger partial charge in [-0.3, -0.25) is 9.79 Å². The van der Waals surface area contributed by atoms with Crippen LogP contribution >= 0.6 is 0 Å². The van der Waals surface area contributed by atoms with Gasteiger partial charge < -0.3 is 14.8 Å². The lowest BCUT2D eigenvalue weighted by atomic mass is 9.82. The number of alkyl halides is 3. The molecule has 0 saturated carbocycles. The zero-order valence-corrected chi connectivity index (χ0v) is 15.8. The molecule has 2 unspecified atom stereocenters. The molecule has 156 valence electrons. The lowest BCUT2D eigenvalue weighted by Crippen LogP contribution is -2.48. The molecule has 4 rings (SSSR count). The fourth-order valence-electron chi connectivity index (χ4n) is 3.70. The minimum atomic E-state index is -4.91. The van der Waals surface area contributed by atoms with Crippen molar-refractivity contribution in [3.05, 3.63) is 70.5 Å². The third-order valence-electron chi connectivity index (χ3n) is 5.29. The van der Waals surface area contributed by atoms with E-state index in [1.807, 2.05) is 0 Å². The molecule has 1 aliphatic rings. The van der Waals surface area contributed by atoms with Crippen molar-refractivity contribution >= 4 is 22.8 Å². The highest BCUT2D eigenvalue weighted by molar-refractivity contribution is 5.91. The summed E-state index contributed by atoms with van der Waals surface area (Å²) < 4.78 is 47.2. The highest BCUT2D eigenvalue weighted by Gasteiger charge is 2.54. The Labute approximate surface area is 169 Å². The van der Waals surface area contributed by atoms with E-state index in [1.165, 1.54) is 18.2 Å². The van der Waals surface area contributed by atoms with Crippen molar-refractivity contribution in [1.82, 2.24) is 4.98 Å². The van der Waals surface area contributed by atoms with Gasteiger partial charge in [-0.2, -0.15) is 13.2 Å². The zero-order chi connectivity index (χ0) is 21.4. The van der Waals surface area contributed by atoms with Crippen LogP contribution in [-0.2, 0) is 0 Å². The molecular weight excluding hydrogens is 397 g/mol. The molecule has 0 amide bonds. The monoisotopic (exact) mass is 416 g/mol. The molecule has 0 aliphatic carbocycles. The van der Waals surface area contributed by atoms with Gasteiger partial charge in [0, 0.05) is 17.7 Å². The molecule has 3 aromatic rings. The number of fused-ring (bicyclic) bond motifs is 2. The van der Waals surface area contributed by atoms with Crippen molar-refractivity contribution in [2.75, 3.05) is 6.61 Å².